The summed E-state index contributed by atoms with van der Waals surface area (Å²) in [5, 5.41) is 2.97. The van der Waals surface area contributed by atoms with Gasteiger partial charge in [-0.05, 0) is 31.1 Å². The van der Waals surface area contributed by atoms with Gasteiger partial charge in [0.15, 0.2) is 0 Å². The van der Waals surface area contributed by atoms with Crippen LogP contribution in [0.3, 0.4) is 0 Å². The van der Waals surface area contributed by atoms with Gasteiger partial charge < -0.3 is 5.32 Å². The number of carbonyl (C=O) groups excluding carboxylic acids is 1. The minimum Gasteiger partial charge on any atom is -0.328 e. The Morgan fingerprint density at radius 2 is 2.05 bits per heavy atom. The molecule has 116 valence electrons. The molecule has 1 amide bonds. The second-order valence-electron chi connectivity index (χ2n) is 7.83. The van der Waals surface area contributed by atoms with Crippen LogP contribution in [0.25, 0.3) is 4.85 Å². The van der Waals surface area contributed by atoms with Crippen LogP contribution in [0.15, 0.2) is 11.3 Å². The Hall–Kier alpha value is -1.01. The van der Waals surface area contributed by atoms with Crippen LogP contribution in [0.5, 0.6) is 0 Å². The number of hydrogen-bond acceptors (Lipinski definition) is 1. The van der Waals surface area contributed by atoms with Gasteiger partial charge in [-0.15, -0.1) is 11.6 Å². The van der Waals surface area contributed by atoms with Crippen molar-refractivity contribution in [1.82, 2.24) is 5.32 Å². The Bertz CT molecular complexity index is 519. The molecule has 2 aliphatic carbocycles. The van der Waals surface area contributed by atoms with E-state index in [1.807, 2.05) is 0 Å². The summed E-state index contributed by atoms with van der Waals surface area (Å²) < 4.78 is 0. The summed E-state index contributed by atoms with van der Waals surface area (Å²) in [5.41, 5.74) is 2.10. The first-order valence-electron chi connectivity index (χ1n) is 7.75. The van der Waals surface area contributed by atoms with Crippen molar-refractivity contribution in [2.75, 3.05) is 12.4 Å². The van der Waals surface area contributed by atoms with Gasteiger partial charge in [-0.25, -0.2) is 0 Å². The Balaban J connectivity index is 2.30. The normalized spacial score (nSPS) is 23.3. The van der Waals surface area contributed by atoms with E-state index >= 15 is 0 Å². The number of nitrogens with one attached hydrogen (secondary N) is 1. The van der Waals surface area contributed by atoms with Crippen LogP contribution in [0, 0.1) is 22.8 Å². The maximum atomic E-state index is 11.7. The molecular weight excluding hydrogens is 284 g/mol. The molecule has 21 heavy (non-hydrogen) atoms. The van der Waals surface area contributed by atoms with E-state index in [1.54, 1.807) is 0 Å². The van der Waals surface area contributed by atoms with Gasteiger partial charge >= 0.3 is 6.07 Å². The van der Waals surface area contributed by atoms with Crippen LogP contribution in [-0.2, 0) is 4.79 Å². The van der Waals surface area contributed by atoms with E-state index in [9.17, 15) is 4.79 Å². The highest BCUT2D eigenvalue weighted by Gasteiger charge is 2.41. The molecule has 1 saturated carbocycles. The Labute approximate surface area is 132 Å². The smallest absolute Gasteiger partial charge is 0.309 e. The first-order chi connectivity index (χ1) is 9.73. The highest BCUT2D eigenvalue weighted by atomic mass is 35.5. The third-order valence-corrected chi connectivity index (χ3v) is 4.45. The zero-order valence-electron chi connectivity index (χ0n) is 13.6. The third-order valence-electron chi connectivity index (χ3n) is 4.20. The van der Waals surface area contributed by atoms with Crippen molar-refractivity contribution < 1.29 is 4.79 Å². The molecule has 0 radical (unpaired) electrons. The molecule has 0 aromatic carbocycles. The molecule has 0 bridgehead atoms. The number of rotatable bonds is 3. The number of hydrogen-bond donors (Lipinski definition) is 1. The van der Waals surface area contributed by atoms with Crippen molar-refractivity contribution in [3.8, 4) is 6.07 Å². The van der Waals surface area contributed by atoms with Crippen molar-refractivity contribution in [3.05, 3.63) is 16.1 Å². The molecule has 0 saturated heterocycles. The lowest BCUT2D eigenvalue weighted by Gasteiger charge is -2.40. The van der Waals surface area contributed by atoms with Crippen LogP contribution >= 0.6 is 11.6 Å². The summed E-state index contributed by atoms with van der Waals surface area (Å²) in [7, 11) is 0. The van der Waals surface area contributed by atoms with Gasteiger partial charge in [0.2, 0.25) is 5.91 Å². The predicted octanol–water partition coefficient (Wildman–Crippen LogP) is 4.18. The molecule has 1 N–H and O–H groups in total. The van der Waals surface area contributed by atoms with E-state index in [1.165, 1.54) is 12.8 Å². The molecule has 2 rings (SSSR count). The van der Waals surface area contributed by atoms with Gasteiger partial charge in [-0.1, -0.05) is 32.5 Å². The molecule has 0 aliphatic heterocycles. The van der Waals surface area contributed by atoms with Crippen molar-refractivity contribution in [2.24, 2.45) is 16.7 Å². The first-order valence-corrected chi connectivity index (χ1v) is 8.29. The Morgan fingerprint density at radius 3 is 2.62 bits per heavy atom. The molecule has 0 atom stereocenters. The minimum atomic E-state index is -0.151. The lowest BCUT2D eigenvalue weighted by atomic mass is 9.64. The monoisotopic (exact) mass is 309 g/mol. The zero-order chi connectivity index (χ0) is 15.7. The van der Waals surface area contributed by atoms with Crippen molar-refractivity contribution in [1.29, 1.82) is 0 Å². The van der Waals surface area contributed by atoms with Gasteiger partial charge in [-0.2, -0.15) is 0 Å². The van der Waals surface area contributed by atoms with E-state index < -0.39 is 0 Å². The lowest BCUT2D eigenvalue weighted by Crippen LogP contribution is -2.37. The van der Waals surface area contributed by atoms with Crippen LogP contribution in [0.4, 0.5) is 0 Å². The van der Waals surface area contributed by atoms with Crippen LogP contribution < -0.4 is 5.32 Å². The largest absolute Gasteiger partial charge is 0.328 e. The molecule has 2 aliphatic rings. The second kappa shape index (κ2) is 6.01. The molecule has 3 nitrogen and oxygen atoms in total. The summed E-state index contributed by atoms with van der Waals surface area (Å²) in [6.07, 6.45) is 4.47. The van der Waals surface area contributed by atoms with Gasteiger partial charge in [0.1, 0.15) is 11.5 Å². The average molecular weight is 310 g/mol. The summed E-state index contributed by atoms with van der Waals surface area (Å²) in [4.78, 5) is 16.2. The fourth-order valence-electron chi connectivity index (χ4n) is 3.40. The molecule has 0 heterocycles. The number of alkyl halides is 1. The van der Waals surface area contributed by atoms with Gasteiger partial charge in [0.25, 0.3) is 6.54 Å². The first kappa shape index (κ1) is 16.4. The zero-order valence-corrected chi connectivity index (χ0v) is 14.3. The quantitative estimate of drug-likeness (QED) is 0.779. The average Bonchev–Trinajstić information content (AvgIpc) is 3.14. The highest BCUT2D eigenvalue weighted by molar-refractivity contribution is 6.27. The van der Waals surface area contributed by atoms with Crippen LogP contribution in [0.2, 0.25) is 0 Å². The second-order valence-corrected chi connectivity index (χ2v) is 8.10. The SMILES string of the molecule is CC1(C)CC(NC(=O)CCl)=C(C#[N+]CC2CC2)C(C)(C)C1. The summed E-state index contributed by atoms with van der Waals surface area (Å²) in [5.74, 6) is 0.584. The number of amides is 1. The molecule has 0 spiro atoms. The highest BCUT2D eigenvalue weighted by Crippen LogP contribution is 2.48. The maximum Gasteiger partial charge on any atom is 0.309 e. The summed E-state index contributed by atoms with van der Waals surface area (Å²) in [6, 6.07) is 3.25. The summed E-state index contributed by atoms with van der Waals surface area (Å²) >= 11 is 5.64. The van der Waals surface area contributed by atoms with Gasteiger partial charge in [0, 0.05) is 17.0 Å². The molecule has 0 unspecified atom stereocenters. The predicted molar refractivity (Wildman–Crippen MR) is 87.5 cm³/mol. The van der Waals surface area contributed by atoms with E-state index in [0.717, 1.165) is 36.6 Å². The van der Waals surface area contributed by atoms with Crippen molar-refractivity contribution in [2.45, 2.75) is 53.4 Å². The number of allylic oxidation sites excluding steroid dienone is 2. The van der Waals surface area contributed by atoms with Crippen LogP contribution in [0.1, 0.15) is 53.4 Å². The fourth-order valence-corrected chi connectivity index (χ4v) is 3.47. The van der Waals surface area contributed by atoms with Gasteiger partial charge in [-0.3, -0.25) is 4.79 Å². The van der Waals surface area contributed by atoms with E-state index in [2.05, 4.69) is 43.9 Å². The van der Waals surface area contributed by atoms with E-state index in [-0.39, 0.29) is 22.6 Å². The fraction of sp³-hybridized carbons (Fsp3) is 0.765. The third kappa shape index (κ3) is 4.48. The maximum absolute atomic E-state index is 11.7. The molecule has 1 fully saturated rings. The van der Waals surface area contributed by atoms with Crippen molar-refractivity contribution in [3.63, 3.8) is 0 Å². The molecule has 0 aromatic rings. The topological polar surface area (TPSA) is 33.5 Å². The van der Waals surface area contributed by atoms with Gasteiger partial charge in [0.05, 0.1) is 0 Å². The van der Waals surface area contributed by atoms with E-state index in [4.69, 9.17) is 11.6 Å². The van der Waals surface area contributed by atoms with E-state index in [0.29, 0.717) is 0 Å². The Kier molecular flexibility index (Phi) is 4.68. The summed E-state index contributed by atoms with van der Waals surface area (Å²) in [6.45, 7) is 9.74. The van der Waals surface area contributed by atoms with Crippen molar-refractivity contribution >= 4 is 17.5 Å². The standard InChI is InChI=1S/C17H25ClN2O/c1-16(2)7-14(20-15(21)8-18)13(17(3,4)11-16)10-19-9-12-5-6-12/h12H,5-9,11H2,1-4H3/p+1. The Morgan fingerprint density at radius 1 is 1.38 bits per heavy atom. The molecule has 0 aromatic heterocycles. The number of nitrogens with zero attached hydrogens (tertiary/aromatic N) is 1. The van der Waals surface area contributed by atoms with Crippen LogP contribution in [-0.4, -0.2) is 18.3 Å². The number of carbonyl (C=O) groups is 1. The molecular formula is C17H26ClN2O+. The molecule has 4 heteroatoms. The lowest BCUT2D eigenvalue weighted by molar-refractivity contribution is -0.118. The minimum absolute atomic E-state index is 0.0170. The number of halogens is 1.